The van der Waals surface area contributed by atoms with Crippen LogP contribution in [-0.2, 0) is 15.1 Å². The minimum Gasteiger partial charge on any atom is -0.482 e. The Hall–Kier alpha value is -2.43. The monoisotopic (exact) mass is 493 g/mol. The highest BCUT2D eigenvalue weighted by molar-refractivity contribution is 6.36. The maximum absolute atomic E-state index is 13.9. The third kappa shape index (κ3) is 3.83. The van der Waals surface area contributed by atoms with E-state index in [2.05, 4.69) is 10.1 Å². The van der Waals surface area contributed by atoms with Crippen LogP contribution in [0.4, 0.5) is 10.2 Å². The first-order valence-corrected chi connectivity index (χ1v) is 11.2. The van der Waals surface area contributed by atoms with Crippen molar-refractivity contribution in [1.82, 2.24) is 14.8 Å². The molecule has 0 amide bonds. The molecular weight excluding hydrogens is 472 g/mol. The number of rotatable bonds is 5. The minimum atomic E-state index is -0.890. The lowest BCUT2D eigenvalue weighted by molar-refractivity contribution is 0.0238. The summed E-state index contributed by atoms with van der Waals surface area (Å²) < 4.78 is 33.2. The van der Waals surface area contributed by atoms with Gasteiger partial charge in [-0.25, -0.2) is 14.1 Å². The Morgan fingerprint density at radius 2 is 2.09 bits per heavy atom. The fraction of sp³-hybridized carbons (Fsp3) is 0.364. The Labute approximate surface area is 199 Å². The smallest absolute Gasteiger partial charge is 0.166 e. The summed E-state index contributed by atoms with van der Waals surface area (Å²) in [6.07, 6.45) is 4.96. The quantitative estimate of drug-likeness (QED) is 0.518. The molecule has 4 heterocycles. The van der Waals surface area contributed by atoms with Gasteiger partial charge in [0.2, 0.25) is 0 Å². The normalized spacial score (nSPS) is 25.2. The maximum atomic E-state index is 13.9. The van der Waals surface area contributed by atoms with Crippen LogP contribution in [0.5, 0.6) is 5.75 Å². The molecule has 1 aromatic carbocycles. The van der Waals surface area contributed by atoms with Crippen LogP contribution in [0.15, 0.2) is 36.8 Å². The average Bonchev–Trinajstić information content (AvgIpc) is 3.52. The summed E-state index contributed by atoms with van der Waals surface area (Å²) in [7, 11) is 0. The van der Waals surface area contributed by atoms with Crippen LogP contribution in [0.3, 0.4) is 0 Å². The second kappa shape index (κ2) is 8.41. The molecule has 11 heteroatoms. The van der Waals surface area contributed by atoms with Crippen molar-refractivity contribution in [3.05, 3.63) is 58.2 Å². The number of nitrogen functional groups attached to an aromatic ring is 1. The van der Waals surface area contributed by atoms with E-state index in [4.69, 9.17) is 48.9 Å². The van der Waals surface area contributed by atoms with Crippen LogP contribution < -0.4 is 16.2 Å². The van der Waals surface area contributed by atoms with Gasteiger partial charge in [-0.05, 0) is 31.5 Å². The fourth-order valence-corrected chi connectivity index (χ4v) is 4.98. The van der Waals surface area contributed by atoms with Crippen molar-refractivity contribution < 1.29 is 18.6 Å². The number of pyridine rings is 1. The topological polar surface area (TPSA) is 110 Å². The van der Waals surface area contributed by atoms with Crippen LogP contribution in [0, 0.1) is 5.82 Å². The largest absolute Gasteiger partial charge is 0.482 e. The van der Waals surface area contributed by atoms with E-state index in [1.165, 1.54) is 12.1 Å². The maximum Gasteiger partial charge on any atom is 0.166 e. The highest BCUT2D eigenvalue weighted by Gasteiger charge is 2.52. The van der Waals surface area contributed by atoms with Crippen molar-refractivity contribution in [2.24, 2.45) is 5.73 Å². The number of halogens is 3. The molecule has 2 fully saturated rings. The second-order valence-electron chi connectivity index (χ2n) is 8.22. The van der Waals surface area contributed by atoms with Gasteiger partial charge in [-0.2, -0.15) is 5.10 Å². The van der Waals surface area contributed by atoms with Crippen LogP contribution in [0.2, 0.25) is 10.0 Å². The molecule has 2 aromatic heterocycles. The summed E-state index contributed by atoms with van der Waals surface area (Å²) in [4.78, 5) is 4.24. The summed E-state index contributed by atoms with van der Waals surface area (Å²) in [6, 6.07) is 4.36. The molecule has 33 heavy (non-hydrogen) atoms. The standard InChI is InChI=1S/C22H22Cl2FN5O3/c1-11(18-14(23)2-3-15(25)19(18)24)33-17-6-12(7-28-21(17)26)13-8-29-30(9-13)22(27)10-32-16-4-5-31-20(16)22/h2-3,6-9,11,16,20H,4-5,10,27H2,1H3,(H2,26,28). The lowest BCUT2D eigenvalue weighted by atomic mass is 10.0. The fourth-order valence-electron chi connectivity index (χ4n) is 4.30. The first-order valence-electron chi connectivity index (χ1n) is 10.4. The third-order valence-corrected chi connectivity index (χ3v) is 6.79. The summed E-state index contributed by atoms with van der Waals surface area (Å²) in [5.41, 5.74) is 13.6. The van der Waals surface area contributed by atoms with Crippen molar-refractivity contribution in [2.45, 2.75) is 37.3 Å². The van der Waals surface area contributed by atoms with E-state index < -0.39 is 17.6 Å². The lowest BCUT2D eigenvalue weighted by Gasteiger charge is -2.28. The van der Waals surface area contributed by atoms with E-state index in [-0.39, 0.29) is 28.1 Å². The second-order valence-corrected chi connectivity index (χ2v) is 9.00. The van der Waals surface area contributed by atoms with Crippen LogP contribution in [0.25, 0.3) is 11.1 Å². The van der Waals surface area contributed by atoms with E-state index in [0.29, 0.717) is 30.1 Å². The zero-order valence-corrected chi connectivity index (χ0v) is 19.2. The molecule has 0 bridgehead atoms. The molecule has 3 aromatic rings. The lowest BCUT2D eigenvalue weighted by Crippen LogP contribution is -2.53. The summed E-state index contributed by atoms with van der Waals surface area (Å²) in [5, 5.41) is 4.65. The summed E-state index contributed by atoms with van der Waals surface area (Å²) in [5.74, 6) is -0.114. The van der Waals surface area contributed by atoms with E-state index in [1.807, 2.05) is 6.20 Å². The molecule has 4 N–H and O–H groups in total. The summed E-state index contributed by atoms with van der Waals surface area (Å²) >= 11 is 12.3. The molecule has 0 radical (unpaired) electrons. The van der Waals surface area contributed by atoms with Crippen molar-refractivity contribution in [2.75, 3.05) is 18.9 Å². The molecule has 2 saturated heterocycles. The van der Waals surface area contributed by atoms with Gasteiger partial charge < -0.3 is 25.7 Å². The number of anilines is 1. The molecular formula is C22H22Cl2FN5O3. The first kappa shape index (κ1) is 22.4. The molecule has 0 aliphatic carbocycles. The van der Waals surface area contributed by atoms with Crippen molar-refractivity contribution in [1.29, 1.82) is 0 Å². The van der Waals surface area contributed by atoms with Crippen molar-refractivity contribution >= 4 is 29.0 Å². The van der Waals surface area contributed by atoms with E-state index in [1.54, 1.807) is 30.1 Å². The number of hydrogen-bond acceptors (Lipinski definition) is 7. The van der Waals surface area contributed by atoms with Gasteiger partial charge in [0, 0.05) is 40.7 Å². The average molecular weight is 494 g/mol. The predicted octanol–water partition coefficient (Wildman–Crippen LogP) is 3.91. The molecule has 174 valence electrons. The predicted molar refractivity (Wildman–Crippen MR) is 122 cm³/mol. The zero-order valence-electron chi connectivity index (χ0n) is 17.7. The third-order valence-electron chi connectivity index (χ3n) is 6.07. The highest BCUT2D eigenvalue weighted by atomic mass is 35.5. The van der Waals surface area contributed by atoms with Gasteiger partial charge in [-0.3, -0.25) is 0 Å². The number of benzene rings is 1. The Morgan fingerprint density at radius 1 is 1.27 bits per heavy atom. The SMILES string of the molecule is CC(Oc1cc(-c2cnn(C3(N)COC4CCOC43)c2)cnc1N)c1c(Cl)ccc(F)c1Cl. The number of aromatic nitrogens is 3. The number of hydrogen-bond donors (Lipinski definition) is 2. The number of nitrogens with two attached hydrogens (primary N) is 2. The van der Waals surface area contributed by atoms with E-state index in [0.717, 1.165) is 12.0 Å². The van der Waals surface area contributed by atoms with Gasteiger partial charge in [0.05, 0.1) is 23.9 Å². The van der Waals surface area contributed by atoms with Crippen LogP contribution in [0.1, 0.15) is 25.0 Å². The van der Waals surface area contributed by atoms with Gasteiger partial charge >= 0.3 is 0 Å². The van der Waals surface area contributed by atoms with Crippen LogP contribution in [-0.4, -0.2) is 40.2 Å². The number of fused-ring (bicyclic) bond motifs is 1. The molecule has 8 nitrogen and oxygen atoms in total. The van der Waals surface area contributed by atoms with Gasteiger partial charge in [0.15, 0.2) is 17.2 Å². The Morgan fingerprint density at radius 3 is 2.91 bits per heavy atom. The number of nitrogens with zero attached hydrogens (tertiary/aromatic N) is 3. The van der Waals surface area contributed by atoms with Crippen molar-refractivity contribution in [3.63, 3.8) is 0 Å². The van der Waals surface area contributed by atoms with E-state index >= 15 is 0 Å². The van der Waals surface area contributed by atoms with Crippen molar-refractivity contribution in [3.8, 4) is 16.9 Å². The Kier molecular flexibility index (Phi) is 5.70. The zero-order chi connectivity index (χ0) is 23.3. The summed E-state index contributed by atoms with van der Waals surface area (Å²) in [6.45, 7) is 2.62. The van der Waals surface area contributed by atoms with E-state index in [9.17, 15) is 4.39 Å². The molecule has 4 unspecified atom stereocenters. The van der Waals surface area contributed by atoms with Gasteiger partial charge in [-0.1, -0.05) is 23.2 Å². The molecule has 2 aliphatic rings. The molecule has 2 aliphatic heterocycles. The van der Waals surface area contributed by atoms with Gasteiger partial charge in [-0.15, -0.1) is 0 Å². The molecule has 0 spiro atoms. The Balaban J connectivity index is 1.42. The van der Waals surface area contributed by atoms with Gasteiger partial charge in [0.25, 0.3) is 0 Å². The highest BCUT2D eigenvalue weighted by Crippen LogP contribution is 2.38. The Bertz CT molecular complexity index is 1210. The molecule has 0 saturated carbocycles. The first-order chi connectivity index (χ1) is 15.8. The number of ether oxygens (including phenoxy) is 3. The molecule has 4 atom stereocenters. The minimum absolute atomic E-state index is 0.0243. The van der Waals surface area contributed by atoms with Gasteiger partial charge in [0.1, 0.15) is 18.0 Å². The molecule has 5 rings (SSSR count). The van der Waals surface area contributed by atoms with Crippen LogP contribution >= 0.6 is 23.2 Å².